The molecule has 0 aromatic rings. The van der Waals surface area contributed by atoms with Crippen LogP contribution in [0.15, 0.2) is 0 Å². The molecule has 8 heavy (non-hydrogen) atoms. The van der Waals surface area contributed by atoms with Crippen molar-refractivity contribution in [3.05, 3.63) is 5.21 Å². The fraction of sp³-hybridized carbons (Fsp3) is 0. The fourth-order valence-electron chi connectivity index (χ4n) is 0. The van der Waals surface area contributed by atoms with Crippen molar-refractivity contribution >= 4 is 0 Å². The maximum atomic E-state index is 8.59. The van der Waals surface area contributed by atoms with Gasteiger partial charge in [0, 0.05) is 0 Å². The minimum absolute atomic E-state index is 0. The summed E-state index contributed by atoms with van der Waals surface area (Å²) in [4.78, 5) is 0. The van der Waals surface area contributed by atoms with Gasteiger partial charge in [-0.25, -0.2) is 0 Å². The molecule has 55 valence electrons. The van der Waals surface area contributed by atoms with Gasteiger partial charge in [0.15, 0.2) is 0 Å². The predicted molar refractivity (Wildman–Crippen MR) is 7.63 cm³/mol. The van der Waals surface area contributed by atoms with Crippen LogP contribution >= 0.6 is 0 Å². The molecule has 0 bridgehead atoms. The van der Waals surface area contributed by atoms with Crippen LogP contribution in [0.25, 0.3) is 0 Å². The van der Waals surface area contributed by atoms with Crippen LogP contribution in [-0.2, 0) is 38.3 Å². The van der Waals surface area contributed by atoms with Gasteiger partial charge in [-0.15, -0.1) is 0 Å². The van der Waals surface area contributed by atoms with Gasteiger partial charge in [0.1, 0.15) is 0 Å². The molecule has 0 amide bonds. The van der Waals surface area contributed by atoms with Crippen LogP contribution in [0.1, 0.15) is 0 Å². The predicted octanol–water partition coefficient (Wildman–Crippen LogP) is -3.89. The first-order chi connectivity index (χ1) is 3.00. The molecule has 0 rings (SSSR count). The van der Waals surface area contributed by atoms with E-state index in [1.54, 1.807) is 0 Å². The second kappa shape index (κ2) is 7.49. The summed E-state index contributed by atoms with van der Waals surface area (Å²) in [6.07, 6.45) is 0. The van der Waals surface area contributed by atoms with Gasteiger partial charge < -0.3 is 11.1 Å². The van der Waals surface area contributed by atoms with Gasteiger partial charge in [0.25, 0.3) is 0 Å². The molecule has 0 aliphatic rings. The molecule has 3 N–H and O–H groups in total. The molecule has 0 saturated heterocycles. The van der Waals surface area contributed by atoms with E-state index in [0.29, 0.717) is 0 Å². The molecular weight excluding hydrogens is 210 g/mol. The topological polar surface area (TPSA) is 131 Å². The van der Waals surface area contributed by atoms with Gasteiger partial charge in [-0.1, -0.05) is 0 Å². The summed E-state index contributed by atoms with van der Waals surface area (Å²) in [7, 11) is 0. The van der Waals surface area contributed by atoms with E-state index in [4.69, 9.17) is 21.1 Å². The van der Waals surface area contributed by atoms with Crippen molar-refractivity contribution in [3.63, 3.8) is 0 Å². The molecule has 0 heterocycles. The zero-order valence-electron chi connectivity index (χ0n) is 3.46. The van der Waals surface area contributed by atoms with Crippen LogP contribution < -0.4 is 14.2 Å². The van der Waals surface area contributed by atoms with Gasteiger partial charge in [-0.2, -0.15) is 0 Å². The van der Waals surface area contributed by atoms with Crippen molar-refractivity contribution in [3.8, 4) is 0 Å². The Kier molecular flexibility index (Phi) is 14.8. The van der Waals surface area contributed by atoms with Crippen molar-refractivity contribution in [1.82, 2.24) is 0 Å². The van der Waals surface area contributed by atoms with Crippen molar-refractivity contribution in [2.75, 3.05) is 0 Å². The van der Waals surface area contributed by atoms with Crippen LogP contribution in [0.3, 0.4) is 0 Å². The maximum absolute atomic E-state index is 8.59. The molecule has 0 spiro atoms. The minimum atomic E-state index is -5.75. The Balaban J connectivity index is -0.0000000750. The first-order valence-electron chi connectivity index (χ1n) is 0.955. The third kappa shape index (κ3) is 809. The van der Waals surface area contributed by atoms with E-state index < -0.39 is 13.6 Å². The third-order valence-electron chi connectivity index (χ3n) is 0. The Bertz CT molecular complexity index is 95.6. The quantitative estimate of drug-likeness (QED) is 0.324. The standard InChI is InChI=1S/Cr.Cu.H3NO.4O/c;;1-2;;;;/h;;1H3;;;;/q;+2;;;;2*-1. The summed E-state index contributed by atoms with van der Waals surface area (Å²) in [5.74, 6) is 2.00. The van der Waals surface area contributed by atoms with E-state index in [2.05, 4.69) is 0 Å². The normalized spacial score (nSPS) is 8.00. The first-order valence-corrected chi connectivity index (χ1v) is 3.04. The van der Waals surface area contributed by atoms with Crippen molar-refractivity contribution < 1.29 is 52.5 Å². The summed E-state index contributed by atoms with van der Waals surface area (Å²) in [5.41, 5.74) is 0. The monoisotopic (exact) mass is 212 g/mol. The Morgan fingerprint density at radius 1 is 1.12 bits per heavy atom. The first kappa shape index (κ1) is 15.8. The number of hydrogen-bond acceptors (Lipinski definition) is 5. The zero-order valence-corrected chi connectivity index (χ0v) is 5.67. The van der Waals surface area contributed by atoms with Gasteiger partial charge in [-0.3, -0.25) is 0 Å². The van der Waals surface area contributed by atoms with Gasteiger partial charge in [0.05, 0.1) is 0 Å². The van der Waals surface area contributed by atoms with E-state index in [1.165, 1.54) is 0 Å². The Labute approximate surface area is 58.1 Å². The number of rotatable bonds is 0. The third-order valence-corrected chi connectivity index (χ3v) is 0. The van der Waals surface area contributed by atoms with Gasteiger partial charge >= 0.3 is 46.6 Å². The summed E-state index contributed by atoms with van der Waals surface area (Å²) in [6.45, 7) is 0. The average Bonchev–Trinajstić information content (AvgIpc) is 1.36. The van der Waals surface area contributed by atoms with Gasteiger partial charge in [-0.05, 0) is 0 Å². The summed E-state index contributed by atoms with van der Waals surface area (Å²) < 4.78 is 34.4. The molecule has 0 aliphatic heterocycles. The Hall–Kier alpha value is 0.492. The number of quaternary nitrogens is 1. The van der Waals surface area contributed by atoms with Crippen molar-refractivity contribution in [1.29, 1.82) is 0 Å². The molecule has 0 fully saturated rings. The SMILES string of the molecule is [Cu+2].[NH3+][O-].[O]=[Cr](=[O])([O-])[O-]. The summed E-state index contributed by atoms with van der Waals surface area (Å²) in [6, 6.07) is 0. The van der Waals surface area contributed by atoms with Crippen LogP contribution in [0.4, 0.5) is 0 Å². The van der Waals surface area contributed by atoms with Crippen molar-refractivity contribution in [2.24, 2.45) is 0 Å². The second-order valence-electron chi connectivity index (χ2n) is 0.408. The molecule has 1 radical (unpaired) electrons. The number of hydrogen-bond donors (Lipinski definition) is 1. The van der Waals surface area contributed by atoms with Crippen LogP contribution in [0, 0.1) is 5.21 Å². The molecular formula is H3CrCuNO5. The van der Waals surface area contributed by atoms with E-state index in [0.717, 1.165) is 0 Å². The fourth-order valence-corrected chi connectivity index (χ4v) is 0. The van der Waals surface area contributed by atoms with Crippen LogP contribution in [-0.4, -0.2) is 0 Å². The van der Waals surface area contributed by atoms with E-state index in [-0.39, 0.29) is 17.1 Å². The Morgan fingerprint density at radius 3 is 1.12 bits per heavy atom. The summed E-state index contributed by atoms with van der Waals surface area (Å²) in [5, 5.41) is 8.00. The zero-order chi connectivity index (χ0) is 6.50. The molecule has 0 unspecified atom stereocenters. The molecule has 0 aromatic carbocycles. The molecule has 0 aromatic heterocycles. The molecule has 6 nitrogen and oxygen atoms in total. The molecule has 0 aliphatic carbocycles. The van der Waals surface area contributed by atoms with Crippen molar-refractivity contribution in [2.45, 2.75) is 0 Å². The van der Waals surface area contributed by atoms with E-state index in [1.807, 2.05) is 5.90 Å². The second-order valence-corrected chi connectivity index (χ2v) is 1.68. The van der Waals surface area contributed by atoms with E-state index >= 15 is 0 Å². The molecule has 8 heteroatoms. The van der Waals surface area contributed by atoms with Gasteiger partial charge in [0.2, 0.25) is 0 Å². The van der Waals surface area contributed by atoms with Crippen LogP contribution in [0.5, 0.6) is 0 Å². The van der Waals surface area contributed by atoms with E-state index in [9.17, 15) is 0 Å². The Morgan fingerprint density at radius 2 is 1.12 bits per heavy atom. The molecule has 0 atom stereocenters. The van der Waals surface area contributed by atoms with Crippen LogP contribution in [0.2, 0.25) is 0 Å². The molecule has 0 saturated carbocycles. The summed E-state index contributed by atoms with van der Waals surface area (Å²) >= 11 is -5.75. The average molecular weight is 213 g/mol.